The SMILES string of the molecule is CCOC(=O)C1=C(C)NC(=S)N[C@@H]1c1ccccc1OCC(=O)NN=Cc1c(OCc2cccc(Cl)c2)ccc2ccccc12. The van der Waals surface area contributed by atoms with Gasteiger partial charge in [0.05, 0.1) is 24.4 Å². The maximum absolute atomic E-state index is 12.8. The van der Waals surface area contributed by atoms with Crippen molar-refractivity contribution in [3.8, 4) is 11.5 Å². The number of halogens is 1. The van der Waals surface area contributed by atoms with Gasteiger partial charge in [0.2, 0.25) is 0 Å². The summed E-state index contributed by atoms with van der Waals surface area (Å²) in [5.74, 6) is 0.0479. The zero-order valence-corrected chi connectivity index (χ0v) is 26.2. The average molecular weight is 643 g/mol. The number of hydrogen-bond donors (Lipinski definition) is 3. The molecular formula is C34H31ClN4O5S. The highest BCUT2D eigenvalue weighted by Gasteiger charge is 2.32. The Hall–Kier alpha value is -4.93. The molecule has 45 heavy (non-hydrogen) atoms. The number of thiocarbonyl (C=S) groups is 1. The van der Waals surface area contributed by atoms with E-state index in [2.05, 4.69) is 21.2 Å². The molecule has 3 N–H and O–H groups in total. The van der Waals surface area contributed by atoms with Crippen LogP contribution in [0.2, 0.25) is 5.02 Å². The van der Waals surface area contributed by atoms with Crippen LogP contribution in [0.4, 0.5) is 0 Å². The summed E-state index contributed by atoms with van der Waals surface area (Å²) in [7, 11) is 0. The van der Waals surface area contributed by atoms with Gasteiger partial charge in [-0.25, -0.2) is 10.2 Å². The lowest BCUT2D eigenvalue weighted by atomic mass is 9.95. The van der Waals surface area contributed by atoms with Crippen molar-refractivity contribution in [2.24, 2.45) is 5.10 Å². The Kier molecular flexibility index (Phi) is 10.3. The minimum atomic E-state index is -0.633. The molecule has 0 aliphatic carbocycles. The quantitative estimate of drug-likeness (QED) is 0.0796. The predicted octanol–water partition coefficient (Wildman–Crippen LogP) is 5.96. The zero-order chi connectivity index (χ0) is 31.8. The third-order valence-corrected chi connectivity index (χ3v) is 7.41. The molecule has 5 rings (SSSR count). The largest absolute Gasteiger partial charge is 0.488 e. The molecule has 0 unspecified atom stereocenters. The second kappa shape index (κ2) is 14.7. The van der Waals surface area contributed by atoms with Gasteiger partial charge in [-0.15, -0.1) is 0 Å². The van der Waals surface area contributed by atoms with Crippen molar-refractivity contribution in [3.63, 3.8) is 0 Å². The highest BCUT2D eigenvalue weighted by molar-refractivity contribution is 7.80. The lowest BCUT2D eigenvalue weighted by Crippen LogP contribution is -2.45. The van der Waals surface area contributed by atoms with Crippen molar-refractivity contribution in [3.05, 3.63) is 118 Å². The van der Waals surface area contributed by atoms with Gasteiger partial charge in [-0.1, -0.05) is 72.3 Å². The van der Waals surface area contributed by atoms with Crippen LogP contribution in [0.3, 0.4) is 0 Å². The molecule has 1 amide bonds. The molecule has 0 saturated carbocycles. The van der Waals surface area contributed by atoms with Crippen LogP contribution in [0, 0.1) is 0 Å². The van der Waals surface area contributed by atoms with Crippen molar-refractivity contribution in [1.29, 1.82) is 0 Å². The van der Waals surface area contributed by atoms with Crippen LogP contribution in [0.5, 0.6) is 11.5 Å². The summed E-state index contributed by atoms with van der Waals surface area (Å²) in [4.78, 5) is 25.6. The molecule has 230 valence electrons. The number of hydrazone groups is 1. The summed E-state index contributed by atoms with van der Waals surface area (Å²) < 4.78 is 17.3. The van der Waals surface area contributed by atoms with Crippen LogP contribution in [0.1, 0.15) is 36.6 Å². The third kappa shape index (κ3) is 7.78. The second-order valence-electron chi connectivity index (χ2n) is 10.0. The summed E-state index contributed by atoms with van der Waals surface area (Å²) in [6, 6.07) is 25.6. The van der Waals surface area contributed by atoms with E-state index < -0.39 is 17.9 Å². The first-order valence-corrected chi connectivity index (χ1v) is 15.0. The molecule has 0 fully saturated rings. The van der Waals surface area contributed by atoms with Crippen LogP contribution in [-0.4, -0.2) is 36.4 Å². The molecule has 1 aliphatic heterocycles. The zero-order valence-electron chi connectivity index (χ0n) is 24.6. The maximum Gasteiger partial charge on any atom is 0.338 e. The summed E-state index contributed by atoms with van der Waals surface area (Å²) in [6.45, 7) is 3.70. The van der Waals surface area contributed by atoms with Gasteiger partial charge in [0.15, 0.2) is 11.7 Å². The summed E-state index contributed by atoms with van der Waals surface area (Å²) in [5, 5.41) is 13.2. The molecule has 0 aromatic heterocycles. The fourth-order valence-corrected chi connectivity index (χ4v) is 5.41. The first-order valence-electron chi connectivity index (χ1n) is 14.2. The molecule has 1 aliphatic rings. The second-order valence-corrected chi connectivity index (χ2v) is 10.9. The van der Waals surface area contributed by atoms with E-state index >= 15 is 0 Å². The summed E-state index contributed by atoms with van der Waals surface area (Å²) >= 11 is 11.5. The van der Waals surface area contributed by atoms with Gasteiger partial charge in [-0.3, -0.25) is 4.79 Å². The molecule has 1 atom stereocenters. The van der Waals surface area contributed by atoms with Crippen molar-refractivity contribution in [2.45, 2.75) is 26.5 Å². The van der Waals surface area contributed by atoms with E-state index in [9.17, 15) is 9.59 Å². The number of ether oxygens (including phenoxy) is 3. The minimum Gasteiger partial charge on any atom is -0.488 e. The number of benzene rings is 4. The Bertz CT molecular complexity index is 1810. The van der Waals surface area contributed by atoms with Crippen molar-refractivity contribution in [1.82, 2.24) is 16.1 Å². The Morgan fingerprint density at radius 1 is 1.00 bits per heavy atom. The molecule has 0 saturated heterocycles. The number of nitrogens with zero attached hydrogens (tertiary/aromatic N) is 1. The molecular weight excluding hydrogens is 612 g/mol. The first kappa shape index (κ1) is 31.5. The lowest BCUT2D eigenvalue weighted by Gasteiger charge is -2.30. The van der Waals surface area contributed by atoms with Gasteiger partial charge in [-0.05, 0) is 66.7 Å². The molecule has 9 nitrogen and oxygen atoms in total. The van der Waals surface area contributed by atoms with Gasteiger partial charge in [0.1, 0.15) is 18.1 Å². The molecule has 1 heterocycles. The summed E-state index contributed by atoms with van der Waals surface area (Å²) in [5.41, 5.74) is 5.74. The monoisotopic (exact) mass is 642 g/mol. The van der Waals surface area contributed by atoms with Crippen molar-refractivity contribution >= 4 is 57.8 Å². The number of para-hydroxylation sites is 1. The van der Waals surface area contributed by atoms with Crippen LogP contribution in [0.15, 0.2) is 101 Å². The standard InChI is InChI=1S/C34H31ClN4O5S/c1-3-42-33(41)31-21(2)37-34(45)38-32(31)26-13-6-7-14-28(26)44-20-30(40)39-36-18-27-25-12-5-4-10-23(25)15-16-29(27)43-19-22-9-8-11-24(35)17-22/h4-18,32H,3,19-20H2,1-2H3,(H,39,40)(H2,37,38,45)/t32-/m1/s1. The Balaban J connectivity index is 1.29. The van der Waals surface area contributed by atoms with Gasteiger partial charge < -0.3 is 24.8 Å². The predicted molar refractivity (Wildman–Crippen MR) is 178 cm³/mol. The number of fused-ring (bicyclic) bond motifs is 1. The summed E-state index contributed by atoms with van der Waals surface area (Å²) in [6.07, 6.45) is 1.56. The Labute approximate surface area is 271 Å². The van der Waals surface area contributed by atoms with E-state index in [4.69, 9.17) is 38.0 Å². The van der Waals surface area contributed by atoms with Crippen molar-refractivity contribution in [2.75, 3.05) is 13.2 Å². The van der Waals surface area contributed by atoms with E-state index in [0.29, 0.717) is 50.6 Å². The van der Waals surface area contributed by atoms with Gasteiger partial charge in [-0.2, -0.15) is 5.10 Å². The number of amides is 1. The van der Waals surface area contributed by atoms with E-state index in [0.717, 1.165) is 16.3 Å². The van der Waals surface area contributed by atoms with E-state index in [1.807, 2.05) is 66.7 Å². The number of rotatable bonds is 11. The van der Waals surface area contributed by atoms with Gasteiger partial charge >= 0.3 is 5.97 Å². The van der Waals surface area contributed by atoms with E-state index in [1.54, 1.807) is 38.3 Å². The number of carbonyl (C=O) groups excluding carboxylic acids is 2. The lowest BCUT2D eigenvalue weighted by molar-refractivity contribution is -0.139. The van der Waals surface area contributed by atoms with E-state index in [-0.39, 0.29) is 13.2 Å². The smallest absolute Gasteiger partial charge is 0.338 e. The molecule has 0 bridgehead atoms. The van der Waals surface area contributed by atoms with Crippen molar-refractivity contribution < 1.29 is 23.8 Å². The van der Waals surface area contributed by atoms with Crippen LogP contribution in [-0.2, 0) is 20.9 Å². The molecule has 0 radical (unpaired) electrons. The number of hydrogen-bond acceptors (Lipinski definition) is 7. The number of esters is 1. The number of allylic oxidation sites excluding steroid dienone is 1. The Morgan fingerprint density at radius 3 is 2.62 bits per heavy atom. The fourth-order valence-electron chi connectivity index (χ4n) is 4.92. The molecule has 11 heteroatoms. The normalized spacial score (nSPS) is 14.6. The maximum atomic E-state index is 12.8. The van der Waals surface area contributed by atoms with Crippen LogP contribution in [0.25, 0.3) is 10.8 Å². The highest BCUT2D eigenvalue weighted by atomic mass is 35.5. The molecule has 4 aromatic rings. The highest BCUT2D eigenvalue weighted by Crippen LogP contribution is 2.34. The Morgan fingerprint density at radius 2 is 1.80 bits per heavy atom. The fraction of sp³-hybridized carbons (Fsp3) is 0.176. The van der Waals surface area contributed by atoms with Crippen LogP contribution >= 0.6 is 23.8 Å². The first-order chi connectivity index (χ1) is 21.8. The van der Waals surface area contributed by atoms with Crippen LogP contribution < -0.4 is 25.5 Å². The number of nitrogens with one attached hydrogen (secondary N) is 3. The molecule has 0 spiro atoms. The molecule has 4 aromatic carbocycles. The average Bonchev–Trinajstić information content (AvgIpc) is 3.03. The third-order valence-electron chi connectivity index (χ3n) is 6.95. The van der Waals surface area contributed by atoms with Gasteiger partial charge in [0, 0.05) is 21.8 Å². The minimum absolute atomic E-state index is 0.222. The van der Waals surface area contributed by atoms with Gasteiger partial charge in [0.25, 0.3) is 5.91 Å². The number of carbonyl (C=O) groups is 2. The topological polar surface area (TPSA) is 110 Å². The van der Waals surface area contributed by atoms with E-state index in [1.165, 1.54) is 0 Å².